The molecule has 0 spiro atoms. The lowest BCUT2D eigenvalue weighted by Gasteiger charge is -2.14. The van der Waals surface area contributed by atoms with Crippen molar-refractivity contribution in [1.82, 2.24) is 4.98 Å². The number of halogens is 1. The highest BCUT2D eigenvalue weighted by Crippen LogP contribution is 2.49. The maximum atomic E-state index is 12.7. The lowest BCUT2D eigenvalue weighted by atomic mass is 9.95. The molecule has 24 heavy (non-hydrogen) atoms. The molecule has 1 fully saturated rings. The first kappa shape index (κ1) is 15.4. The van der Waals surface area contributed by atoms with E-state index in [9.17, 15) is 4.79 Å². The van der Waals surface area contributed by atoms with Crippen LogP contribution < -0.4 is 5.32 Å². The Bertz CT molecular complexity index is 870. The third-order valence-corrected chi connectivity index (χ3v) is 5.39. The summed E-state index contributed by atoms with van der Waals surface area (Å²) in [4.78, 5) is 17.3. The van der Waals surface area contributed by atoms with Crippen molar-refractivity contribution in [2.45, 2.75) is 18.3 Å². The predicted molar refractivity (Wildman–Crippen MR) is 98.5 cm³/mol. The topological polar surface area (TPSA) is 42.0 Å². The lowest BCUT2D eigenvalue weighted by Crippen LogP contribution is -2.27. The first-order valence-corrected chi connectivity index (χ1v) is 9.02. The van der Waals surface area contributed by atoms with Crippen LogP contribution in [0, 0.1) is 0 Å². The van der Waals surface area contributed by atoms with E-state index in [0.29, 0.717) is 10.2 Å². The summed E-state index contributed by atoms with van der Waals surface area (Å²) in [5.41, 5.74) is 2.53. The van der Waals surface area contributed by atoms with Gasteiger partial charge in [0.15, 0.2) is 5.13 Å². The van der Waals surface area contributed by atoms with Crippen LogP contribution in [-0.4, -0.2) is 10.9 Å². The predicted octanol–water partition coefficient (Wildman–Crippen LogP) is 5.13. The molecule has 0 unspecified atom stereocenters. The van der Waals surface area contributed by atoms with Gasteiger partial charge in [0.1, 0.15) is 0 Å². The summed E-state index contributed by atoms with van der Waals surface area (Å²) in [6, 6.07) is 17.5. The smallest absolute Gasteiger partial charge is 0.236 e. The van der Waals surface area contributed by atoms with Crippen LogP contribution in [0.4, 0.5) is 5.13 Å². The molecule has 0 bridgehead atoms. The van der Waals surface area contributed by atoms with Gasteiger partial charge < -0.3 is 5.32 Å². The van der Waals surface area contributed by atoms with E-state index in [-0.39, 0.29) is 11.3 Å². The summed E-state index contributed by atoms with van der Waals surface area (Å²) in [6.07, 6.45) is 1.77. The largest absolute Gasteiger partial charge is 0.301 e. The molecule has 0 saturated heterocycles. The zero-order chi connectivity index (χ0) is 16.6. The number of carbonyl (C=O) groups is 1. The third-order valence-electron chi connectivity index (χ3n) is 4.38. The van der Waals surface area contributed by atoms with E-state index in [1.165, 1.54) is 11.3 Å². The minimum absolute atomic E-state index is 0.0331. The lowest BCUT2D eigenvalue weighted by molar-refractivity contribution is -0.118. The Labute approximate surface area is 149 Å². The first-order chi connectivity index (χ1) is 11.7. The number of aromatic nitrogens is 1. The van der Waals surface area contributed by atoms with Crippen LogP contribution in [0.1, 0.15) is 18.4 Å². The molecule has 0 atom stereocenters. The van der Waals surface area contributed by atoms with E-state index in [2.05, 4.69) is 10.3 Å². The number of hydrogen-bond acceptors (Lipinski definition) is 3. The molecule has 0 radical (unpaired) electrons. The van der Waals surface area contributed by atoms with Crippen LogP contribution in [-0.2, 0) is 10.2 Å². The molecule has 1 aliphatic carbocycles. The summed E-state index contributed by atoms with van der Waals surface area (Å²) in [6.45, 7) is 0. The summed E-state index contributed by atoms with van der Waals surface area (Å²) >= 11 is 7.35. The molecule has 1 N–H and O–H groups in total. The zero-order valence-electron chi connectivity index (χ0n) is 12.8. The van der Waals surface area contributed by atoms with Crippen molar-refractivity contribution in [3.63, 3.8) is 0 Å². The van der Waals surface area contributed by atoms with E-state index in [1.807, 2.05) is 60.0 Å². The number of amides is 1. The number of anilines is 1. The Kier molecular flexibility index (Phi) is 3.87. The third kappa shape index (κ3) is 2.83. The van der Waals surface area contributed by atoms with Gasteiger partial charge in [0.2, 0.25) is 5.91 Å². The van der Waals surface area contributed by atoms with Gasteiger partial charge in [0.25, 0.3) is 0 Å². The molecule has 1 saturated carbocycles. The standard InChI is InChI=1S/C19H15ClN2OS/c20-15-8-6-13(7-9-15)16-12-24-18(21-16)22-17(23)19(10-11-19)14-4-2-1-3-5-14/h1-9,12H,10-11H2,(H,21,22,23). The van der Waals surface area contributed by atoms with Gasteiger partial charge in [0, 0.05) is 16.0 Å². The van der Waals surface area contributed by atoms with Gasteiger partial charge in [-0.3, -0.25) is 4.79 Å². The Balaban J connectivity index is 1.52. The summed E-state index contributed by atoms with van der Waals surface area (Å²) in [5.74, 6) is 0.0331. The second-order valence-electron chi connectivity index (χ2n) is 5.95. The second-order valence-corrected chi connectivity index (χ2v) is 7.24. The van der Waals surface area contributed by atoms with Crippen LogP contribution in [0.15, 0.2) is 60.0 Å². The van der Waals surface area contributed by atoms with E-state index >= 15 is 0 Å². The molecule has 3 nitrogen and oxygen atoms in total. The fraction of sp³-hybridized carbons (Fsp3) is 0.158. The van der Waals surface area contributed by atoms with Crippen molar-refractivity contribution in [3.05, 3.63) is 70.6 Å². The Hall–Kier alpha value is -2.17. The monoisotopic (exact) mass is 354 g/mol. The minimum Gasteiger partial charge on any atom is -0.301 e. The Morgan fingerprint density at radius 2 is 1.79 bits per heavy atom. The second kappa shape index (κ2) is 6.04. The van der Waals surface area contributed by atoms with Gasteiger partial charge in [-0.15, -0.1) is 11.3 Å². The number of rotatable bonds is 4. The first-order valence-electron chi connectivity index (χ1n) is 7.76. The maximum Gasteiger partial charge on any atom is 0.236 e. The molecule has 4 rings (SSSR count). The van der Waals surface area contributed by atoms with Crippen LogP contribution in [0.2, 0.25) is 5.02 Å². The van der Waals surface area contributed by atoms with Crippen molar-refractivity contribution >= 4 is 34.0 Å². The summed E-state index contributed by atoms with van der Waals surface area (Å²) < 4.78 is 0. The number of thiazole rings is 1. The zero-order valence-corrected chi connectivity index (χ0v) is 14.4. The number of hydrogen-bond donors (Lipinski definition) is 1. The van der Waals surface area contributed by atoms with Gasteiger partial charge in [-0.05, 0) is 30.5 Å². The Morgan fingerprint density at radius 3 is 2.46 bits per heavy atom. The van der Waals surface area contributed by atoms with Crippen molar-refractivity contribution in [2.75, 3.05) is 5.32 Å². The van der Waals surface area contributed by atoms with Crippen molar-refractivity contribution in [1.29, 1.82) is 0 Å². The average Bonchev–Trinajstić information content (AvgIpc) is 3.31. The number of carbonyl (C=O) groups excluding carboxylic acids is 1. The molecule has 120 valence electrons. The molecule has 1 aromatic heterocycles. The molecule has 5 heteroatoms. The van der Waals surface area contributed by atoms with Crippen LogP contribution in [0.3, 0.4) is 0 Å². The van der Waals surface area contributed by atoms with E-state index in [0.717, 1.165) is 29.7 Å². The van der Waals surface area contributed by atoms with Crippen molar-refractivity contribution in [2.24, 2.45) is 0 Å². The highest BCUT2D eigenvalue weighted by molar-refractivity contribution is 7.14. The fourth-order valence-corrected chi connectivity index (χ4v) is 3.67. The number of benzene rings is 2. The van der Waals surface area contributed by atoms with Crippen molar-refractivity contribution < 1.29 is 4.79 Å². The maximum absolute atomic E-state index is 12.7. The highest BCUT2D eigenvalue weighted by atomic mass is 35.5. The van der Waals surface area contributed by atoms with Gasteiger partial charge in [-0.2, -0.15) is 0 Å². The molecule has 1 amide bonds. The SMILES string of the molecule is O=C(Nc1nc(-c2ccc(Cl)cc2)cs1)C1(c2ccccc2)CC1. The van der Waals surface area contributed by atoms with Crippen LogP contribution >= 0.6 is 22.9 Å². The summed E-state index contributed by atoms with van der Waals surface area (Å²) in [7, 11) is 0. The van der Waals surface area contributed by atoms with Crippen LogP contribution in [0.5, 0.6) is 0 Å². The normalized spacial score (nSPS) is 15.0. The molecule has 3 aromatic rings. The summed E-state index contributed by atoms with van der Waals surface area (Å²) in [5, 5.41) is 6.26. The molecular formula is C19H15ClN2OS. The van der Waals surface area contributed by atoms with E-state index in [4.69, 9.17) is 11.6 Å². The molecule has 1 aliphatic rings. The van der Waals surface area contributed by atoms with Gasteiger partial charge in [0.05, 0.1) is 11.1 Å². The molecule has 1 heterocycles. The fourth-order valence-electron chi connectivity index (χ4n) is 2.83. The highest BCUT2D eigenvalue weighted by Gasteiger charge is 2.51. The molecular weight excluding hydrogens is 340 g/mol. The molecule has 2 aromatic carbocycles. The number of nitrogens with one attached hydrogen (secondary N) is 1. The van der Waals surface area contributed by atoms with Gasteiger partial charge in [-0.25, -0.2) is 4.98 Å². The Morgan fingerprint density at radius 1 is 1.08 bits per heavy atom. The average molecular weight is 355 g/mol. The van der Waals surface area contributed by atoms with E-state index < -0.39 is 0 Å². The van der Waals surface area contributed by atoms with Crippen molar-refractivity contribution in [3.8, 4) is 11.3 Å². The number of nitrogens with zero attached hydrogens (tertiary/aromatic N) is 1. The van der Waals surface area contributed by atoms with E-state index in [1.54, 1.807) is 0 Å². The molecule has 0 aliphatic heterocycles. The quantitative estimate of drug-likeness (QED) is 0.705. The van der Waals surface area contributed by atoms with Gasteiger partial charge >= 0.3 is 0 Å². The van der Waals surface area contributed by atoms with Gasteiger partial charge in [-0.1, -0.05) is 54.1 Å². The van der Waals surface area contributed by atoms with Crippen LogP contribution in [0.25, 0.3) is 11.3 Å². The minimum atomic E-state index is -0.382.